The molecule has 6 nitrogen and oxygen atoms in total. The van der Waals surface area contributed by atoms with Crippen molar-refractivity contribution < 1.29 is 4.79 Å². The third-order valence-corrected chi connectivity index (χ3v) is 5.17. The molecule has 3 aromatic heterocycles. The van der Waals surface area contributed by atoms with E-state index in [1.807, 2.05) is 37.3 Å². The highest BCUT2D eigenvalue weighted by molar-refractivity contribution is 7.17. The molecule has 28 heavy (non-hydrogen) atoms. The molecule has 2 N–H and O–H groups in total. The van der Waals surface area contributed by atoms with Crippen LogP contribution in [0, 0.1) is 6.92 Å². The number of nitrogens with zero attached hydrogens (tertiary/aromatic N) is 3. The van der Waals surface area contributed by atoms with E-state index in [2.05, 4.69) is 43.1 Å². The van der Waals surface area contributed by atoms with E-state index in [0.29, 0.717) is 18.8 Å². The van der Waals surface area contributed by atoms with Gasteiger partial charge in [-0.3, -0.25) is 4.79 Å². The summed E-state index contributed by atoms with van der Waals surface area (Å²) in [7, 11) is 0. The van der Waals surface area contributed by atoms with Crippen LogP contribution >= 0.6 is 11.3 Å². The van der Waals surface area contributed by atoms with Crippen molar-refractivity contribution >= 4 is 39.1 Å². The van der Waals surface area contributed by atoms with Crippen LogP contribution in [0.5, 0.6) is 0 Å². The third-order valence-electron chi connectivity index (χ3n) is 4.28. The average molecular weight is 389 g/mol. The zero-order valence-corrected chi connectivity index (χ0v) is 16.2. The lowest BCUT2D eigenvalue weighted by Gasteiger charge is -2.09. The second-order valence-electron chi connectivity index (χ2n) is 6.36. The zero-order chi connectivity index (χ0) is 19.3. The Balaban J connectivity index is 1.46. The molecule has 4 aromatic rings. The lowest BCUT2D eigenvalue weighted by Crippen LogP contribution is -2.17. The van der Waals surface area contributed by atoms with Crippen LogP contribution in [0.2, 0.25) is 0 Å². The molecule has 4 rings (SSSR count). The molecule has 3 heterocycles. The summed E-state index contributed by atoms with van der Waals surface area (Å²) in [5.41, 5.74) is 3.27. The Morgan fingerprint density at radius 1 is 1.11 bits per heavy atom. The quantitative estimate of drug-likeness (QED) is 0.507. The Morgan fingerprint density at radius 3 is 2.79 bits per heavy atom. The Bertz CT molecular complexity index is 1110. The van der Waals surface area contributed by atoms with E-state index in [1.165, 1.54) is 0 Å². The topological polar surface area (TPSA) is 79.8 Å². The van der Waals surface area contributed by atoms with Crippen molar-refractivity contribution in [3.63, 3.8) is 0 Å². The fourth-order valence-electron chi connectivity index (χ4n) is 2.94. The van der Waals surface area contributed by atoms with Crippen LogP contribution in [-0.2, 0) is 4.79 Å². The Kier molecular flexibility index (Phi) is 5.25. The van der Waals surface area contributed by atoms with E-state index in [-0.39, 0.29) is 5.91 Å². The smallest absolute Gasteiger partial charge is 0.227 e. The summed E-state index contributed by atoms with van der Waals surface area (Å²) >= 11 is 1.59. The number of hydrogen-bond donors (Lipinski definition) is 2. The van der Waals surface area contributed by atoms with Gasteiger partial charge in [-0.25, -0.2) is 15.0 Å². The van der Waals surface area contributed by atoms with Gasteiger partial charge in [0.15, 0.2) is 0 Å². The SMILES string of the molecule is Cc1ccnc(NC(=O)CCNc2ncnc3scc(-c4ccccc4)c23)c1. The Hall–Kier alpha value is -3.32. The molecule has 0 unspecified atom stereocenters. The number of hydrogen-bond acceptors (Lipinski definition) is 6. The minimum atomic E-state index is -0.0931. The number of nitrogens with one attached hydrogen (secondary N) is 2. The number of aryl methyl sites for hydroxylation is 1. The number of anilines is 2. The fraction of sp³-hybridized carbons (Fsp3) is 0.143. The molecular weight excluding hydrogens is 370 g/mol. The van der Waals surface area contributed by atoms with Crippen LogP contribution in [0.25, 0.3) is 21.3 Å². The first-order valence-electron chi connectivity index (χ1n) is 8.95. The van der Waals surface area contributed by atoms with E-state index in [9.17, 15) is 4.79 Å². The molecule has 0 aliphatic carbocycles. The van der Waals surface area contributed by atoms with E-state index in [0.717, 1.165) is 32.7 Å². The van der Waals surface area contributed by atoms with Crippen LogP contribution in [0.1, 0.15) is 12.0 Å². The molecule has 0 spiro atoms. The first-order valence-corrected chi connectivity index (χ1v) is 9.82. The van der Waals surface area contributed by atoms with Gasteiger partial charge in [0.1, 0.15) is 22.8 Å². The number of carbonyl (C=O) groups is 1. The van der Waals surface area contributed by atoms with Gasteiger partial charge < -0.3 is 10.6 Å². The minimum Gasteiger partial charge on any atom is -0.369 e. The van der Waals surface area contributed by atoms with E-state index >= 15 is 0 Å². The molecular formula is C21H19N5OS. The second-order valence-corrected chi connectivity index (χ2v) is 7.22. The first kappa shape index (κ1) is 18.1. The third kappa shape index (κ3) is 3.99. The lowest BCUT2D eigenvalue weighted by molar-refractivity contribution is -0.116. The molecule has 0 fully saturated rings. The van der Waals surface area contributed by atoms with Gasteiger partial charge in [0.05, 0.1) is 5.39 Å². The lowest BCUT2D eigenvalue weighted by atomic mass is 10.1. The largest absolute Gasteiger partial charge is 0.369 e. The van der Waals surface area contributed by atoms with Crippen molar-refractivity contribution in [2.24, 2.45) is 0 Å². The van der Waals surface area contributed by atoms with Gasteiger partial charge in [-0.05, 0) is 30.2 Å². The van der Waals surface area contributed by atoms with Crippen LogP contribution < -0.4 is 10.6 Å². The monoisotopic (exact) mass is 389 g/mol. The molecule has 1 amide bonds. The number of fused-ring (bicyclic) bond motifs is 1. The van der Waals surface area contributed by atoms with Crippen molar-refractivity contribution in [2.45, 2.75) is 13.3 Å². The second kappa shape index (κ2) is 8.14. The van der Waals surface area contributed by atoms with Gasteiger partial charge >= 0.3 is 0 Å². The highest BCUT2D eigenvalue weighted by atomic mass is 32.1. The standard InChI is InChI=1S/C21H19N5OS/c1-14-7-9-22-17(11-14)26-18(27)8-10-23-20-19-16(15-5-3-2-4-6-15)12-28-21(19)25-13-24-20/h2-7,9,11-13H,8,10H2,1H3,(H,22,26,27)(H,23,24,25). The number of carbonyl (C=O) groups excluding carboxylic acids is 1. The molecule has 0 atom stereocenters. The summed E-state index contributed by atoms with van der Waals surface area (Å²) < 4.78 is 0. The van der Waals surface area contributed by atoms with E-state index in [4.69, 9.17) is 0 Å². The van der Waals surface area contributed by atoms with Gasteiger partial charge in [-0.1, -0.05) is 30.3 Å². The highest BCUT2D eigenvalue weighted by Gasteiger charge is 2.13. The Morgan fingerprint density at radius 2 is 1.96 bits per heavy atom. The number of aromatic nitrogens is 3. The molecule has 0 saturated heterocycles. The predicted molar refractivity (Wildman–Crippen MR) is 114 cm³/mol. The number of rotatable bonds is 6. The predicted octanol–water partition coefficient (Wildman–Crippen LogP) is 4.50. The van der Waals surface area contributed by atoms with Gasteiger partial charge in [-0.2, -0.15) is 0 Å². The summed E-state index contributed by atoms with van der Waals surface area (Å²) in [6, 6.07) is 13.9. The van der Waals surface area contributed by atoms with Crippen molar-refractivity contribution in [2.75, 3.05) is 17.2 Å². The van der Waals surface area contributed by atoms with Crippen LogP contribution in [0.15, 0.2) is 60.4 Å². The molecule has 0 aliphatic rings. The highest BCUT2D eigenvalue weighted by Crippen LogP contribution is 2.36. The summed E-state index contributed by atoms with van der Waals surface area (Å²) in [5.74, 6) is 1.22. The van der Waals surface area contributed by atoms with Gasteiger partial charge in [0.2, 0.25) is 5.91 Å². The molecule has 140 valence electrons. The van der Waals surface area contributed by atoms with Crippen molar-refractivity contribution in [3.8, 4) is 11.1 Å². The van der Waals surface area contributed by atoms with Crippen LogP contribution in [0.4, 0.5) is 11.6 Å². The normalized spacial score (nSPS) is 10.8. The van der Waals surface area contributed by atoms with Gasteiger partial charge in [-0.15, -0.1) is 11.3 Å². The molecule has 0 bridgehead atoms. The molecule has 7 heteroatoms. The fourth-order valence-corrected chi connectivity index (χ4v) is 3.86. The summed E-state index contributed by atoms with van der Waals surface area (Å²) in [5, 5.41) is 9.18. The summed E-state index contributed by atoms with van der Waals surface area (Å²) in [6.45, 7) is 2.43. The zero-order valence-electron chi connectivity index (χ0n) is 15.3. The Labute approximate surface area is 166 Å². The molecule has 0 aliphatic heterocycles. The maximum atomic E-state index is 12.2. The first-order chi connectivity index (χ1) is 13.7. The number of benzene rings is 1. The van der Waals surface area contributed by atoms with E-state index < -0.39 is 0 Å². The van der Waals surface area contributed by atoms with Gasteiger partial charge in [0.25, 0.3) is 0 Å². The molecule has 0 radical (unpaired) electrons. The summed E-state index contributed by atoms with van der Waals surface area (Å²) in [6.07, 6.45) is 3.54. The van der Waals surface area contributed by atoms with Crippen LogP contribution in [0.3, 0.4) is 0 Å². The van der Waals surface area contributed by atoms with E-state index in [1.54, 1.807) is 23.9 Å². The molecule has 1 aromatic carbocycles. The summed E-state index contributed by atoms with van der Waals surface area (Å²) in [4.78, 5) is 26.0. The van der Waals surface area contributed by atoms with Crippen LogP contribution in [-0.4, -0.2) is 27.4 Å². The minimum absolute atomic E-state index is 0.0931. The van der Waals surface area contributed by atoms with Crippen molar-refractivity contribution in [1.29, 1.82) is 0 Å². The molecule has 0 saturated carbocycles. The maximum Gasteiger partial charge on any atom is 0.227 e. The van der Waals surface area contributed by atoms with Crippen molar-refractivity contribution in [1.82, 2.24) is 15.0 Å². The number of amides is 1. The number of pyridine rings is 1. The van der Waals surface area contributed by atoms with Crippen molar-refractivity contribution in [3.05, 3.63) is 65.9 Å². The van der Waals surface area contributed by atoms with Gasteiger partial charge in [0, 0.05) is 30.1 Å². The maximum absolute atomic E-state index is 12.2. The number of thiophene rings is 1. The average Bonchev–Trinajstić information content (AvgIpc) is 3.14.